The molecule has 0 aromatic heterocycles. The molecule has 19 heavy (non-hydrogen) atoms. The van der Waals surface area contributed by atoms with Crippen LogP contribution in [0.5, 0.6) is 0 Å². The quantitative estimate of drug-likeness (QED) is 0.858. The molecule has 2 aromatic carbocycles. The molecule has 0 aliphatic heterocycles. The number of fused-ring (bicyclic) bond motifs is 1. The van der Waals surface area contributed by atoms with E-state index < -0.39 is 14.6 Å². The third-order valence-corrected chi connectivity index (χ3v) is 6.06. The van der Waals surface area contributed by atoms with E-state index in [1.807, 2.05) is 30.3 Å². The van der Waals surface area contributed by atoms with E-state index in [1.54, 1.807) is 20.8 Å². The van der Waals surface area contributed by atoms with Gasteiger partial charge < -0.3 is 0 Å². The van der Waals surface area contributed by atoms with E-state index in [0.29, 0.717) is 6.42 Å². The van der Waals surface area contributed by atoms with E-state index in [9.17, 15) is 8.42 Å². The molecular formula is C16H20O2S. The summed E-state index contributed by atoms with van der Waals surface area (Å²) < 4.78 is 23.6. The highest BCUT2D eigenvalue weighted by molar-refractivity contribution is 7.92. The molecule has 0 saturated heterocycles. The zero-order chi connectivity index (χ0) is 14.1. The molecule has 0 N–H and O–H groups in total. The highest BCUT2D eigenvalue weighted by atomic mass is 32.2. The minimum Gasteiger partial charge on any atom is -0.228 e. The van der Waals surface area contributed by atoms with E-state index in [2.05, 4.69) is 12.1 Å². The molecule has 0 fully saturated rings. The van der Waals surface area contributed by atoms with Crippen LogP contribution in [0.3, 0.4) is 0 Å². The predicted molar refractivity (Wildman–Crippen MR) is 81.2 cm³/mol. The Morgan fingerprint density at radius 3 is 2.26 bits per heavy atom. The van der Waals surface area contributed by atoms with Crippen molar-refractivity contribution in [2.75, 3.05) is 5.75 Å². The molecule has 3 heteroatoms. The van der Waals surface area contributed by atoms with Crippen LogP contribution in [0.25, 0.3) is 10.8 Å². The fraction of sp³-hybridized carbons (Fsp3) is 0.375. The lowest BCUT2D eigenvalue weighted by atomic mass is 10.0. The van der Waals surface area contributed by atoms with Gasteiger partial charge in [-0.1, -0.05) is 42.5 Å². The highest BCUT2D eigenvalue weighted by Gasteiger charge is 2.28. The van der Waals surface area contributed by atoms with Gasteiger partial charge in [-0.3, -0.25) is 0 Å². The predicted octanol–water partition coefficient (Wildman–Crippen LogP) is 3.60. The lowest BCUT2D eigenvalue weighted by Gasteiger charge is -2.19. The molecule has 0 amide bonds. The maximum absolute atomic E-state index is 12.2. The lowest BCUT2D eigenvalue weighted by molar-refractivity contribution is 0.559. The van der Waals surface area contributed by atoms with Gasteiger partial charge in [-0.15, -0.1) is 0 Å². The summed E-state index contributed by atoms with van der Waals surface area (Å²) in [6.07, 6.45) is 0.570. The molecule has 0 unspecified atom stereocenters. The molecule has 0 bridgehead atoms. The fourth-order valence-corrected chi connectivity index (χ4v) is 3.16. The molecule has 2 rings (SSSR count). The summed E-state index contributed by atoms with van der Waals surface area (Å²) in [5.41, 5.74) is 1.10. The number of benzene rings is 2. The van der Waals surface area contributed by atoms with Crippen molar-refractivity contribution in [3.05, 3.63) is 48.0 Å². The van der Waals surface area contributed by atoms with Crippen LogP contribution in [0, 0.1) is 0 Å². The first-order valence-electron chi connectivity index (χ1n) is 6.50. The summed E-state index contributed by atoms with van der Waals surface area (Å²) >= 11 is 0. The van der Waals surface area contributed by atoms with Crippen LogP contribution >= 0.6 is 0 Å². The molecule has 0 spiro atoms. The molecule has 0 atom stereocenters. The fourth-order valence-electron chi connectivity index (χ4n) is 2.06. The van der Waals surface area contributed by atoms with Crippen molar-refractivity contribution in [2.24, 2.45) is 0 Å². The molecule has 0 radical (unpaired) electrons. The summed E-state index contributed by atoms with van der Waals surface area (Å²) in [4.78, 5) is 0. The summed E-state index contributed by atoms with van der Waals surface area (Å²) in [5.74, 6) is 0.199. The Kier molecular flexibility index (Phi) is 3.68. The van der Waals surface area contributed by atoms with Crippen LogP contribution in [0.4, 0.5) is 0 Å². The van der Waals surface area contributed by atoms with Crippen molar-refractivity contribution < 1.29 is 8.42 Å². The first-order valence-corrected chi connectivity index (χ1v) is 8.15. The average Bonchev–Trinajstić information content (AvgIpc) is 2.35. The van der Waals surface area contributed by atoms with Crippen LogP contribution < -0.4 is 0 Å². The zero-order valence-electron chi connectivity index (χ0n) is 11.7. The van der Waals surface area contributed by atoms with Gasteiger partial charge in [0.2, 0.25) is 0 Å². The third-order valence-electron chi connectivity index (χ3n) is 3.45. The van der Waals surface area contributed by atoms with Crippen molar-refractivity contribution in [1.82, 2.24) is 0 Å². The molecule has 0 aliphatic rings. The van der Waals surface area contributed by atoms with Crippen LogP contribution in [-0.4, -0.2) is 18.9 Å². The van der Waals surface area contributed by atoms with Crippen LogP contribution in [0.1, 0.15) is 26.3 Å². The number of hydrogen-bond acceptors (Lipinski definition) is 2. The SMILES string of the molecule is CC(C)(C)S(=O)(=O)CCc1cccc2ccccc12. The minimum atomic E-state index is -3.06. The van der Waals surface area contributed by atoms with Gasteiger partial charge in [0.25, 0.3) is 0 Å². The highest BCUT2D eigenvalue weighted by Crippen LogP contribution is 2.22. The van der Waals surface area contributed by atoms with Gasteiger partial charge in [0.15, 0.2) is 9.84 Å². The normalized spacial score (nSPS) is 12.8. The Morgan fingerprint density at radius 1 is 0.947 bits per heavy atom. The Labute approximate surface area is 115 Å². The number of sulfone groups is 1. The molecule has 0 aliphatic carbocycles. The third kappa shape index (κ3) is 2.98. The Hall–Kier alpha value is -1.35. The van der Waals surface area contributed by atoms with E-state index in [4.69, 9.17) is 0 Å². The lowest BCUT2D eigenvalue weighted by Crippen LogP contribution is -2.31. The van der Waals surface area contributed by atoms with E-state index >= 15 is 0 Å². The van der Waals surface area contributed by atoms with E-state index in [-0.39, 0.29) is 5.75 Å². The Balaban J connectivity index is 2.29. The number of aryl methyl sites for hydroxylation is 1. The van der Waals surface area contributed by atoms with Gasteiger partial charge in [0.05, 0.1) is 10.5 Å². The monoisotopic (exact) mass is 276 g/mol. The Morgan fingerprint density at radius 2 is 1.58 bits per heavy atom. The number of hydrogen-bond donors (Lipinski definition) is 0. The maximum atomic E-state index is 12.2. The van der Waals surface area contributed by atoms with Gasteiger partial charge >= 0.3 is 0 Å². The second-order valence-electron chi connectivity index (χ2n) is 5.82. The minimum absolute atomic E-state index is 0.199. The van der Waals surface area contributed by atoms with Crippen molar-refractivity contribution in [3.8, 4) is 0 Å². The molecular weight excluding hydrogens is 256 g/mol. The second-order valence-corrected chi connectivity index (χ2v) is 8.68. The van der Waals surface area contributed by atoms with Crippen molar-refractivity contribution in [1.29, 1.82) is 0 Å². The Bertz CT molecular complexity index is 674. The number of rotatable bonds is 3. The van der Waals surface area contributed by atoms with Crippen LogP contribution in [-0.2, 0) is 16.3 Å². The second kappa shape index (κ2) is 4.97. The van der Waals surface area contributed by atoms with Gasteiger partial charge in [0.1, 0.15) is 0 Å². The molecule has 0 saturated carbocycles. The van der Waals surface area contributed by atoms with Gasteiger partial charge in [0, 0.05) is 0 Å². The van der Waals surface area contributed by atoms with Crippen molar-refractivity contribution in [3.63, 3.8) is 0 Å². The largest absolute Gasteiger partial charge is 0.228 e. The smallest absolute Gasteiger partial charge is 0.155 e. The summed E-state index contributed by atoms with van der Waals surface area (Å²) in [6, 6.07) is 14.1. The standard InChI is InChI=1S/C16H20O2S/c1-16(2,3)19(17,18)12-11-14-9-6-8-13-7-4-5-10-15(13)14/h4-10H,11-12H2,1-3H3. The molecule has 0 heterocycles. The van der Waals surface area contributed by atoms with Gasteiger partial charge in [-0.25, -0.2) is 8.42 Å². The van der Waals surface area contributed by atoms with Crippen molar-refractivity contribution in [2.45, 2.75) is 31.9 Å². The van der Waals surface area contributed by atoms with Gasteiger partial charge in [-0.05, 0) is 43.5 Å². The first-order chi connectivity index (χ1) is 8.81. The maximum Gasteiger partial charge on any atom is 0.155 e. The van der Waals surface area contributed by atoms with Crippen LogP contribution in [0.15, 0.2) is 42.5 Å². The van der Waals surface area contributed by atoms with E-state index in [0.717, 1.165) is 16.3 Å². The molecule has 2 nitrogen and oxygen atoms in total. The topological polar surface area (TPSA) is 34.1 Å². The van der Waals surface area contributed by atoms with Crippen molar-refractivity contribution >= 4 is 20.6 Å². The average molecular weight is 276 g/mol. The zero-order valence-corrected chi connectivity index (χ0v) is 12.5. The molecule has 102 valence electrons. The summed E-state index contributed by atoms with van der Waals surface area (Å²) in [7, 11) is -3.06. The summed E-state index contributed by atoms with van der Waals surface area (Å²) in [5, 5.41) is 2.31. The van der Waals surface area contributed by atoms with Gasteiger partial charge in [-0.2, -0.15) is 0 Å². The molecule has 2 aromatic rings. The van der Waals surface area contributed by atoms with E-state index in [1.165, 1.54) is 0 Å². The van der Waals surface area contributed by atoms with Crippen LogP contribution in [0.2, 0.25) is 0 Å². The first kappa shape index (κ1) is 14.1. The summed E-state index contributed by atoms with van der Waals surface area (Å²) in [6.45, 7) is 5.27.